The van der Waals surface area contributed by atoms with Crippen molar-refractivity contribution in [3.8, 4) is 11.5 Å². The summed E-state index contributed by atoms with van der Waals surface area (Å²) in [4.78, 5) is 29.7. The van der Waals surface area contributed by atoms with Gasteiger partial charge in [0.25, 0.3) is 0 Å². The van der Waals surface area contributed by atoms with Gasteiger partial charge in [0.1, 0.15) is 11.8 Å². The number of aliphatic carboxylic acids is 1. The standard InChI is InChI=1S/C16H18N2O5S/c1-9-12(17-15(23-9)10-3-4-24-8-10)6-14(19)18-7-11(22-2)5-13(18)16(20)21/h3-4,8,11,13H,5-7H2,1-2H3,(H,20,21). The van der Waals surface area contributed by atoms with Gasteiger partial charge in [-0.25, -0.2) is 9.78 Å². The quantitative estimate of drug-likeness (QED) is 0.886. The van der Waals surface area contributed by atoms with Crippen molar-refractivity contribution in [2.45, 2.75) is 31.9 Å². The number of thiophene rings is 1. The third-order valence-electron chi connectivity index (χ3n) is 4.18. The molecule has 7 nitrogen and oxygen atoms in total. The molecule has 3 heterocycles. The number of carbonyl (C=O) groups excluding carboxylic acids is 1. The second kappa shape index (κ2) is 6.74. The van der Waals surface area contributed by atoms with Crippen LogP contribution in [0.4, 0.5) is 0 Å². The molecule has 8 heteroatoms. The number of oxazole rings is 1. The molecule has 1 saturated heterocycles. The van der Waals surface area contributed by atoms with Crippen molar-refractivity contribution in [3.05, 3.63) is 28.3 Å². The molecule has 24 heavy (non-hydrogen) atoms. The zero-order valence-electron chi connectivity index (χ0n) is 13.4. The molecule has 2 aromatic heterocycles. The van der Waals surface area contributed by atoms with Gasteiger partial charge in [-0.3, -0.25) is 4.79 Å². The molecule has 1 fully saturated rings. The van der Waals surface area contributed by atoms with Crippen molar-refractivity contribution in [1.82, 2.24) is 9.88 Å². The third-order valence-corrected chi connectivity index (χ3v) is 4.86. The van der Waals surface area contributed by atoms with Gasteiger partial charge in [-0.05, 0) is 18.4 Å². The van der Waals surface area contributed by atoms with E-state index in [0.29, 0.717) is 23.8 Å². The molecule has 128 valence electrons. The van der Waals surface area contributed by atoms with Crippen molar-refractivity contribution < 1.29 is 23.8 Å². The summed E-state index contributed by atoms with van der Waals surface area (Å²) < 4.78 is 10.8. The van der Waals surface area contributed by atoms with Crippen LogP contribution in [0.15, 0.2) is 21.2 Å². The molecule has 0 spiro atoms. The first-order valence-electron chi connectivity index (χ1n) is 7.53. The second-order valence-electron chi connectivity index (χ2n) is 5.70. The van der Waals surface area contributed by atoms with E-state index < -0.39 is 12.0 Å². The lowest BCUT2D eigenvalue weighted by Gasteiger charge is -2.20. The fraction of sp³-hybridized carbons (Fsp3) is 0.438. The summed E-state index contributed by atoms with van der Waals surface area (Å²) in [5.41, 5.74) is 1.40. The van der Waals surface area contributed by atoms with Crippen LogP contribution < -0.4 is 0 Å². The minimum atomic E-state index is -1.02. The Hall–Kier alpha value is -2.19. The van der Waals surface area contributed by atoms with Gasteiger partial charge in [0.2, 0.25) is 11.8 Å². The molecule has 1 N–H and O–H groups in total. The largest absolute Gasteiger partial charge is 0.480 e. The molecule has 0 saturated carbocycles. The van der Waals surface area contributed by atoms with E-state index in [9.17, 15) is 14.7 Å². The molecule has 0 bridgehead atoms. The van der Waals surface area contributed by atoms with E-state index in [2.05, 4.69) is 4.98 Å². The van der Waals surface area contributed by atoms with Gasteiger partial charge in [-0.1, -0.05) is 0 Å². The molecule has 0 aromatic carbocycles. The Bertz CT molecular complexity index is 740. The summed E-state index contributed by atoms with van der Waals surface area (Å²) in [7, 11) is 1.52. The lowest BCUT2D eigenvalue weighted by atomic mass is 10.2. The summed E-state index contributed by atoms with van der Waals surface area (Å²) in [5, 5.41) is 13.2. The van der Waals surface area contributed by atoms with E-state index in [1.807, 2.05) is 16.8 Å². The predicted molar refractivity (Wildman–Crippen MR) is 86.8 cm³/mol. The highest BCUT2D eigenvalue weighted by Gasteiger charge is 2.40. The number of nitrogens with zero attached hydrogens (tertiary/aromatic N) is 2. The van der Waals surface area contributed by atoms with Crippen LogP contribution in [0.25, 0.3) is 11.5 Å². The highest BCUT2D eigenvalue weighted by molar-refractivity contribution is 7.08. The van der Waals surface area contributed by atoms with E-state index in [1.165, 1.54) is 23.3 Å². The smallest absolute Gasteiger partial charge is 0.326 e. The fourth-order valence-corrected chi connectivity index (χ4v) is 3.45. The van der Waals surface area contributed by atoms with Gasteiger partial charge in [-0.2, -0.15) is 11.3 Å². The van der Waals surface area contributed by atoms with Gasteiger partial charge >= 0.3 is 5.97 Å². The van der Waals surface area contributed by atoms with E-state index >= 15 is 0 Å². The summed E-state index contributed by atoms with van der Waals surface area (Å²) in [5.74, 6) is -0.254. The second-order valence-corrected chi connectivity index (χ2v) is 6.48. The van der Waals surface area contributed by atoms with E-state index in [0.717, 1.165) is 5.56 Å². The van der Waals surface area contributed by atoms with Gasteiger partial charge in [0.15, 0.2) is 0 Å². The molecule has 2 atom stereocenters. The minimum absolute atomic E-state index is 0.0136. The van der Waals surface area contributed by atoms with Gasteiger partial charge < -0.3 is 19.2 Å². The molecule has 1 amide bonds. The Labute approximate surface area is 142 Å². The maximum absolute atomic E-state index is 12.6. The minimum Gasteiger partial charge on any atom is -0.480 e. The molecular weight excluding hydrogens is 332 g/mol. The predicted octanol–water partition coefficient (Wildman–Crippen LogP) is 1.95. The van der Waals surface area contributed by atoms with Gasteiger partial charge in [0, 0.05) is 31.0 Å². The van der Waals surface area contributed by atoms with E-state index in [-0.39, 0.29) is 25.0 Å². The first-order valence-corrected chi connectivity index (χ1v) is 8.47. The summed E-state index contributed by atoms with van der Waals surface area (Å²) in [6, 6.07) is 1.04. The van der Waals surface area contributed by atoms with Crippen molar-refractivity contribution in [1.29, 1.82) is 0 Å². The Morgan fingerprint density at radius 3 is 2.96 bits per heavy atom. The zero-order chi connectivity index (χ0) is 17.3. The number of methoxy groups -OCH3 is 1. The number of carbonyl (C=O) groups is 2. The molecule has 1 aliphatic rings. The van der Waals surface area contributed by atoms with Crippen molar-refractivity contribution >= 4 is 23.2 Å². The van der Waals surface area contributed by atoms with Crippen LogP contribution >= 0.6 is 11.3 Å². The summed E-state index contributed by atoms with van der Waals surface area (Å²) >= 11 is 1.54. The number of ether oxygens (including phenoxy) is 1. The molecular formula is C16H18N2O5S. The molecule has 2 aromatic rings. The lowest BCUT2D eigenvalue weighted by Crippen LogP contribution is -2.41. The van der Waals surface area contributed by atoms with Crippen LogP contribution in [0, 0.1) is 6.92 Å². The number of likely N-dealkylation sites (tertiary alicyclic amines) is 1. The Balaban J connectivity index is 1.76. The topological polar surface area (TPSA) is 92.9 Å². The van der Waals surface area contributed by atoms with Crippen LogP contribution in [0.2, 0.25) is 0 Å². The van der Waals surface area contributed by atoms with E-state index in [4.69, 9.17) is 9.15 Å². The molecule has 0 radical (unpaired) electrons. The Morgan fingerprint density at radius 2 is 2.33 bits per heavy atom. The number of aryl methyl sites for hydroxylation is 1. The maximum Gasteiger partial charge on any atom is 0.326 e. The van der Waals surface area contributed by atoms with Gasteiger partial charge in [-0.15, -0.1) is 0 Å². The average Bonchev–Trinajstić information content (AvgIpc) is 3.26. The van der Waals surface area contributed by atoms with Crippen LogP contribution in [0.1, 0.15) is 17.9 Å². The number of aromatic nitrogens is 1. The van der Waals surface area contributed by atoms with Crippen molar-refractivity contribution in [3.63, 3.8) is 0 Å². The number of rotatable bonds is 5. The highest BCUT2D eigenvalue weighted by Crippen LogP contribution is 2.26. The van der Waals surface area contributed by atoms with Gasteiger partial charge in [0.05, 0.1) is 18.2 Å². The van der Waals surface area contributed by atoms with Crippen molar-refractivity contribution in [2.75, 3.05) is 13.7 Å². The molecule has 1 aliphatic heterocycles. The molecule has 2 unspecified atom stereocenters. The number of carboxylic acids is 1. The van der Waals surface area contributed by atoms with Crippen molar-refractivity contribution in [2.24, 2.45) is 0 Å². The normalized spacial score (nSPS) is 20.5. The van der Waals surface area contributed by atoms with Crippen LogP contribution in [-0.2, 0) is 20.7 Å². The third kappa shape index (κ3) is 3.20. The molecule has 0 aliphatic carbocycles. The zero-order valence-corrected chi connectivity index (χ0v) is 14.2. The number of amides is 1. The number of hydrogen-bond donors (Lipinski definition) is 1. The maximum atomic E-state index is 12.6. The summed E-state index contributed by atoms with van der Waals surface area (Å²) in [6.07, 6.45) is 0.0599. The van der Waals surface area contributed by atoms with Crippen LogP contribution in [0.5, 0.6) is 0 Å². The lowest BCUT2D eigenvalue weighted by molar-refractivity contribution is -0.148. The summed E-state index contributed by atoms with van der Waals surface area (Å²) in [6.45, 7) is 2.03. The Kier molecular flexibility index (Phi) is 4.68. The first kappa shape index (κ1) is 16.7. The monoisotopic (exact) mass is 350 g/mol. The average molecular weight is 350 g/mol. The number of hydrogen-bond acceptors (Lipinski definition) is 6. The fourth-order valence-electron chi connectivity index (χ4n) is 2.82. The Morgan fingerprint density at radius 1 is 1.54 bits per heavy atom. The highest BCUT2D eigenvalue weighted by atomic mass is 32.1. The molecule has 3 rings (SSSR count). The van der Waals surface area contributed by atoms with Crippen LogP contribution in [0.3, 0.4) is 0 Å². The SMILES string of the molecule is COC1CC(C(=O)O)N(C(=O)Cc2nc(-c3ccsc3)oc2C)C1. The number of carboxylic acid groups (broad SMARTS) is 1. The van der Waals surface area contributed by atoms with Crippen LogP contribution in [-0.4, -0.2) is 52.7 Å². The first-order chi connectivity index (χ1) is 11.5. The van der Waals surface area contributed by atoms with E-state index in [1.54, 1.807) is 6.92 Å².